The zero-order chi connectivity index (χ0) is 14.7. The predicted octanol–water partition coefficient (Wildman–Crippen LogP) is 4.42. The smallest absolute Gasteiger partial charge is 0.342 e. The lowest BCUT2D eigenvalue weighted by atomic mass is 10.1. The molecule has 0 N–H and O–H groups in total. The minimum absolute atomic E-state index is 0.218. The highest BCUT2D eigenvalue weighted by Gasteiger charge is 2.25. The molecule has 0 saturated heterocycles. The number of carbonyl (C=O) groups is 1. The molecule has 0 saturated carbocycles. The molecule has 0 radical (unpaired) electrons. The number of ether oxygens (including phenoxy) is 1. The van der Waals surface area contributed by atoms with E-state index in [4.69, 9.17) is 25.0 Å². The summed E-state index contributed by atoms with van der Waals surface area (Å²) in [6.45, 7) is 0.555. The molecule has 2 aromatic carbocycles. The normalized spacial score (nSPS) is 16.7. The van der Waals surface area contributed by atoms with Gasteiger partial charge < -0.3 is 13.8 Å². The van der Waals surface area contributed by atoms with Crippen molar-refractivity contribution in [2.75, 3.05) is 0 Å². The Morgan fingerprint density at radius 2 is 2.00 bits per heavy atom. The Labute approximate surface area is 128 Å². The van der Waals surface area contributed by atoms with Crippen LogP contribution in [0.5, 0.6) is 5.75 Å². The van der Waals surface area contributed by atoms with E-state index in [1.54, 1.807) is 12.1 Å². The Morgan fingerprint density at radius 3 is 2.81 bits per heavy atom. The highest BCUT2D eigenvalue weighted by molar-refractivity contribution is 7.76. The van der Waals surface area contributed by atoms with Crippen molar-refractivity contribution in [3.63, 3.8) is 0 Å². The van der Waals surface area contributed by atoms with Crippen LogP contribution >= 0.6 is 19.0 Å². The summed E-state index contributed by atoms with van der Waals surface area (Å²) in [6.07, 6.45) is 0. The van der Waals surface area contributed by atoms with E-state index in [2.05, 4.69) is 0 Å². The van der Waals surface area contributed by atoms with Crippen molar-refractivity contribution in [2.24, 2.45) is 0 Å². The fourth-order valence-corrected chi connectivity index (χ4v) is 2.99. The van der Waals surface area contributed by atoms with Crippen LogP contribution in [0.2, 0.25) is 0 Å². The monoisotopic (exact) mass is 322 g/mol. The average Bonchev–Trinajstić information content (AvgIpc) is 2.53. The zero-order valence-electron chi connectivity index (χ0n) is 11.0. The summed E-state index contributed by atoms with van der Waals surface area (Å²) in [5, 5.41) is 0. The topological polar surface area (TPSA) is 44.8 Å². The third-order valence-electron chi connectivity index (χ3n) is 3.01. The minimum Gasteiger partial charge on any atom is -0.457 e. The van der Waals surface area contributed by atoms with Crippen molar-refractivity contribution in [3.05, 3.63) is 65.2 Å². The molecule has 0 aliphatic carbocycles. The zero-order valence-corrected chi connectivity index (χ0v) is 12.6. The molecule has 1 aliphatic heterocycles. The van der Waals surface area contributed by atoms with Crippen LogP contribution in [0.1, 0.15) is 21.5 Å². The summed E-state index contributed by atoms with van der Waals surface area (Å²) in [5.41, 5.74) is 2.10. The van der Waals surface area contributed by atoms with Crippen LogP contribution in [0.3, 0.4) is 0 Å². The number of hydrogen-bond acceptors (Lipinski definition) is 4. The van der Waals surface area contributed by atoms with Gasteiger partial charge in [0.25, 0.3) is 0 Å². The number of halogens is 1. The number of fused-ring (bicyclic) bond motifs is 1. The van der Waals surface area contributed by atoms with Gasteiger partial charge in [-0.3, -0.25) is 0 Å². The molecular weight excluding hydrogens is 311 g/mol. The molecule has 0 aromatic heterocycles. The molecule has 21 heavy (non-hydrogen) atoms. The van der Waals surface area contributed by atoms with Gasteiger partial charge in [0, 0.05) is 5.56 Å². The first-order chi connectivity index (χ1) is 10.2. The molecule has 0 bridgehead atoms. The van der Waals surface area contributed by atoms with Crippen molar-refractivity contribution in [1.29, 1.82) is 0 Å². The summed E-state index contributed by atoms with van der Waals surface area (Å²) in [4.78, 5) is 12.2. The second-order valence-corrected chi connectivity index (χ2v) is 6.13. The lowest BCUT2D eigenvalue weighted by Crippen LogP contribution is -2.10. The van der Waals surface area contributed by atoms with Crippen LogP contribution in [-0.2, 0) is 22.5 Å². The van der Waals surface area contributed by atoms with E-state index >= 15 is 0 Å². The first-order valence-electron chi connectivity index (χ1n) is 6.34. The number of rotatable bonds is 3. The van der Waals surface area contributed by atoms with Crippen molar-refractivity contribution >= 4 is 24.9 Å². The van der Waals surface area contributed by atoms with E-state index in [1.807, 2.05) is 36.4 Å². The predicted molar refractivity (Wildman–Crippen MR) is 80.2 cm³/mol. The van der Waals surface area contributed by atoms with Gasteiger partial charge in [0.05, 0.1) is 6.61 Å². The van der Waals surface area contributed by atoms with Crippen molar-refractivity contribution in [1.82, 2.24) is 0 Å². The van der Waals surface area contributed by atoms with E-state index in [-0.39, 0.29) is 6.61 Å². The Balaban J connectivity index is 1.76. The Bertz CT molecular complexity index is 647. The number of benzene rings is 2. The summed E-state index contributed by atoms with van der Waals surface area (Å²) in [7, 11) is -1.51. The molecule has 2 aromatic rings. The lowest BCUT2D eigenvalue weighted by Gasteiger charge is -2.22. The van der Waals surface area contributed by atoms with Gasteiger partial charge in [0.1, 0.15) is 17.9 Å². The molecule has 6 heteroatoms. The quantitative estimate of drug-likeness (QED) is 0.620. The first kappa shape index (κ1) is 14.3. The van der Waals surface area contributed by atoms with E-state index < -0.39 is 13.7 Å². The molecule has 0 fully saturated rings. The summed E-state index contributed by atoms with van der Waals surface area (Å²) >= 11 is 5.86. The van der Waals surface area contributed by atoms with Crippen LogP contribution in [0.15, 0.2) is 48.5 Å². The number of esters is 1. The van der Waals surface area contributed by atoms with E-state index in [9.17, 15) is 4.79 Å². The largest absolute Gasteiger partial charge is 0.457 e. The van der Waals surface area contributed by atoms with Gasteiger partial charge >= 0.3 is 13.7 Å². The average molecular weight is 323 g/mol. The SMILES string of the molecule is O=C(OCc1ccccc1)c1cccc2c1OP(Cl)OC2. The lowest BCUT2D eigenvalue weighted by molar-refractivity contribution is 0.0470. The van der Waals surface area contributed by atoms with Crippen LogP contribution in [0.4, 0.5) is 0 Å². The van der Waals surface area contributed by atoms with E-state index in [0.29, 0.717) is 17.9 Å². The maximum Gasteiger partial charge on any atom is 0.342 e. The van der Waals surface area contributed by atoms with Crippen LogP contribution in [-0.4, -0.2) is 5.97 Å². The molecule has 4 nitrogen and oxygen atoms in total. The fourth-order valence-electron chi connectivity index (χ4n) is 1.99. The highest BCUT2D eigenvalue weighted by Crippen LogP contribution is 2.51. The van der Waals surface area contributed by atoms with Crippen molar-refractivity contribution < 1.29 is 18.6 Å². The van der Waals surface area contributed by atoms with Gasteiger partial charge in [0.2, 0.25) is 0 Å². The van der Waals surface area contributed by atoms with Gasteiger partial charge in [-0.1, -0.05) is 42.5 Å². The van der Waals surface area contributed by atoms with Crippen molar-refractivity contribution in [3.8, 4) is 5.75 Å². The summed E-state index contributed by atoms with van der Waals surface area (Å²) in [5.74, 6) is 0.0283. The molecule has 1 heterocycles. The maximum absolute atomic E-state index is 12.2. The minimum atomic E-state index is -1.51. The van der Waals surface area contributed by atoms with Crippen LogP contribution in [0.25, 0.3) is 0 Å². The maximum atomic E-state index is 12.2. The first-order valence-corrected chi connectivity index (χ1v) is 8.42. The van der Waals surface area contributed by atoms with Gasteiger partial charge in [-0.15, -0.1) is 0 Å². The Kier molecular flexibility index (Phi) is 4.39. The van der Waals surface area contributed by atoms with Crippen LogP contribution < -0.4 is 4.52 Å². The van der Waals surface area contributed by atoms with E-state index in [0.717, 1.165) is 11.1 Å². The third kappa shape index (κ3) is 3.35. The Hall–Kier alpha value is -1.61. The van der Waals surface area contributed by atoms with E-state index in [1.165, 1.54) is 0 Å². The molecule has 1 atom stereocenters. The second-order valence-electron chi connectivity index (χ2n) is 4.43. The second kappa shape index (κ2) is 6.44. The Morgan fingerprint density at radius 1 is 1.19 bits per heavy atom. The van der Waals surface area contributed by atoms with Gasteiger partial charge in [-0.05, 0) is 22.9 Å². The van der Waals surface area contributed by atoms with Gasteiger partial charge in [0.15, 0.2) is 0 Å². The standard InChI is InChI=1S/C15H12ClO4P/c16-21-19-10-12-7-4-8-13(14(12)20-21)15(17)18-9-11-5-2-1-3-6-11/h1-8H,9-10H2. The van der Waals surface area contributed by atoms with Crippen LogP contribution in [0, 0.1) is 0 Å². The molecule has 108 valence electrons. The van der Waals surface area contributed by atoms with Gasteiger partial charge in [-0.25, -0.2) is 4.79 Å². The molecular formula is C15H12ClO4P. The fraction of sp³-hybridized carbons (Fsp3) is 0.133. The number of carbonyl (C=O) groups excluding carboxylic acids is 1. The highest BCUT2D eigenvalue weighted by atomic mass is 35.7. The molecule has 3 rings (SSSR count). The molecule has 0 amide bonds. The number of hydrogen-bond donors (Lipinski definition) is 0. The summed E-state index contributed by atoms with van der Waals surface area (Å²) in [6, 6.07) is 14.8. The molecule has 1 aliphatic rings. The van der Waals surface area contributed by atoms with Crippen molar-refractivity contribution in [2.45, 2.75) is 13.2 Å². The van der Waals surface area contributed by atoms with Gasteiger partial charge in [-0.2, -0.15) is 0 Å². The molecule has 0 spiro atoms. The summed E-state index contributed by atoms with van der Waals surface area (Å²) < 4.78 is 16.0. The molecule has 1 unspecified atom stereocenters. The number of para-hydroxylation sites is 1. The third-order valence-corrected chi connectivity index (χ3v) is 4.17.